The van der Waals surface area contributed by atoms with Crippen molar-refractivity contribution in [1.82, 2.24) is 0 Å². The first-order valence-electron chi connectivity index (χ1n) is 11.7. The topological polar surface area (TPSA) is 74.6 Å². The quantitative estimate of drug-likeness (QED) is 0.240. The normalized spacial score (nSPS) is 16.9. The number of carbonyl (C=O) groups is 2. The summed E-state index contributed by atoms with van der Waals surface area (Å²) in [6, 6.07) is 0. The van der Waals surface area contributed by atoms with Crippen molar-refractivity contribution in [3.05, 3.63) is 0 Å². The summed E-state index contributed by atoms with van der Waals surface area (Å²) in [6.07, 6.45) is 12.1. The molecule has 0 saturated heterocycles. The van der Waals surface area contributed by atoms with Crippen LogP contribution in [0.15, 0.2) is 0 Å². The molecular formula is C24H46O4. The lowest BCUT2D eigenvalue weighted by atomic mass is 9.55. The fourth-order valence-electron chi connectivity index (χ4n) is 5.06. The molecule has 0 radical (unpaired) electrons. The van der Waals surface area contributed by atoms with E-state index >= 15 is 0 Å². The van der Waals surface area contributed by atoms with E-state index in [9.17, 15) is 14.7 Å². The summed E-state index contributed by atoms with van der Waals surface area (Å²) in [7, 11) is 0. The first-order chi connectivity index (χ1) is 13.3. The van der Waals surface area contributed by atoms with Crippen LogP contribution in [0.1, 0.15) is 118 Å². The average Bonchev–Trinajstić information content (AvgIpc) is 2.66. The fraction of sp³-hybridized carbons (Fsp3) is 0.917. The summed E-state index contributed by atoms with van der Waals surface area (Å²) < 4.78 is 0. The molecule has 0 heterocycles. The molecule has 3 unspecified atom stereocenters. The van der Waals surface area contributed by atoms with Gasteiger partial charge in [0.25, 0.3) is 0 Å². The first kappa shape index (κ1) is 26.9. The molecule has 0 aliphatic carbocycles. The van der Waals surface area contributed by atoms with Crippen molar-refractivity contribution >= 4 is 11.9 Å². The number of rotatable bonds is 18. The Balaban J connectivity index is 5.38. The zero-order chi connectivity index (χ0) is 21.6. The molecule has 0 amide bonds. The molecule has 0 aromatic carbocycles. The third-order valence-electron chi connectivity index (χ3n) is 7.10. The van der Waals surface area contributed by atoms with Crippen LogP contribution in [0.4, 0.5) is 0 Å². The SMILES string of the molecule is CCCCCCCC(C(C)CC)(C(C)CC)C(CCCCCC(=O)O)C(=O)O. The predicted molar refractivity (Wildman–Crippen MR) is 117 cm³/mol. The highest BCUT2D eigenvalue weighted by atomic mass is 16.4. The van der Waals surface area contributed by atoms with Crippen LogP contribution < -0.4 is 0 Å². The second kappa shape index (κ2) is 14.9. The van der Waals surface area contributed by atoms with Gasteiger partial charge >= 0.3 is 11.9 Å². The number of carboxylic acid groups (broad SMARTS) is 2. The van der Waals surface area contributed by atoms with Gasteiger partial charge in [0.2, 0.25) is 0 Å². The van der Waals surface area contributed by atoms with E-state index in [1.807, 2.05) is 0 Å². The minimum absolute atomic E-state index is 0.172. The summed E-state index contributed by atoms with van der Waals surface area (Å²) in [6.45, 7) is 11.1. The van der Waals surface area contributed by atoms with E-state index in [0.717, 1.165) is 38.5 Å². The summed E-state index contributed by atoms with van der Waals surface area (Å²) in [5.41, 5.74) is -0.172. The van der Waals surface area contributed by atoms with Gasteiger partial charge in [0.1, 0.15) is 0 Å². The molecule has 166 valence electrons. The monoisotopic (exact) mass is 398 g/mol. The molecule has 4 heteroatoms. The van der Waals surface area contributed by atoms with Crippen molar-refractivity contribution in [2.45, 2.75) is 118 Å². The van der Waals surface area contributed by atoms with Gasteiger partial charge in [-0.25, -0.2) is 0 Å². The molecule has 0 aromatic heterocycles. The smallest absolute Gasteiger partial charge is 0.307 e. The van der Waals surface area contributed by atoms with Crippen molar-refractivity contribution < 1.29 is 19.8 Å². The van der Waals surface area contributed by atoms with E-state index in [1.54, 1.807) is 0 Å². The van der Waals surface area contributed by atoms with Crippen molar-refractivity contribution in [3.63, 3.8) is 0 Å². The summed E-state index contributed by atoms with van der Waals surface area (Å²) in [5.74, 6) is -1.03. The summed E-state index contributed by atoms with van der Waals surface area (Å²) >= 11 is 0. The maximum Gasteiger partial charge on any atom is 0.307 e. The molecule has 3 atom stereocenters. The standard InChI is InChI=1S/C24H46O4/c1-6-9-10-11-15-18-24(19(4)7-2,20(5)8-3)21(23(27)28)16-13-12-14-17-22(25)26/h19-21H,6-18H2,1-5H3,(H,25,26)(H,27,28). The molecule has 0 aromatic rings. The Morgan fingerprint density at radius 1 is 0.786 bits per heavy atom. The van der Waals surface area contributed by atoms with Gasteiger partial charge in [0.15, 0.2) is 0 Å². The zero-order valence-electron chi connectivity index (χ0n) is 19.1. The van der Waals surface area contributed by atoms with Crippen molar-refractivity contribution in [2.24, 2.45) is 23.2 Å². The first-order valence-corrected chi connectivity index (χ1v) is 11.7. The highest BCUT2D eigenvalue weighted by Gasteiger charge is 2.48. The molecule has 2 N–H and O–H groups in total. The van der Waals surface area contributed by atoms with E-state index < -0.39 is 11.9 Å². The molecule has 0 saturated carbocycles. The Labute approximate surface area is 173 Å². The van der Waals surface area contributed by atoms with Crippen LogP contribution in [0.3, 0.4) is 0 Å². The lowest BCUT2D eigenvalue weighted by Gasteiger charge is -2.48. The van der Waals surface area contributed by atoms with Gasteiger partial charge in [-0.05, 0) is 36.5 Å². The molecule has 0 fully saturated rings. The summed E-state index contributed by atoms with van der Waals surface area (Å²) in [5, 5.41) is 19.0. The average molecular weight is 399 g/mol. The van der Waals surface area contributed by atoms with Crippen LogP contribution in [-0.2, 0) is 9.59 Å². The van der Waals surface area contributed by atoms with Gasteiger partial charge in [0, 0.05) is 6.42 Å². The van der Waals surface area contributed by atoms with Gasteiger partial charge in [-0.2, -0.15) is 0 Å². The van der Waals surface area contributed by atoms with Crippen LogP contribution in [0.25, 0.3) is 0 Å². The highest BCUT2D eigenvalue weighted by Crippen LogP contribution is 2.51. The van der Waals surface area contributed by atoms with Crippen LogP contribution in [-0.4, -0.2) is 22.2 Å². The Kier molecular flexibility index (Phi) is 14.3. The van der Waals surface area contributed by atoms with E-state index in [-0.39, 0.29) is 17.8 Å². The predicted octanol–water partition coefficient (Wildman–Crippen LogP) is 7.16. The molecule has 0 aliphatic heterocycles. The van der Waals surface area contributed by atoms with Gasteiger partial charge in [-0.3, -0.25) is 9.59 Å². The van der Waals surface area contributed by atoms with E-state index in [4.69, 9.17) is 5.11 Å². The number of aliphatic carboxylic acids is 2. The van der Waals surface area contributed by atoms with E-state index in [1.165, 1.54) is 25.7 Å². The molecular weight excluding hydrogens is 352 g/mol. The van der Waals surface area contributed by atoms with Crippen LogP contribution in [0, 0.1) is 23.2 Å². The van der Waals surface area contributed by atoms with Crippen LogP contribution >= 0.6 is 0 Å². The number of unbranched alkanes of at least 4 members (excludes halogenated alkanes) is 6. The second-order valence-corrected chi connectivity index (χ2v) is 8.78. The Morgan fingerprint density at radius 3 is 1.79 bits per heavy atom. The molecule has 0 rings (SSSR count). The van der Waals surface area contributed by atoms with Crippen molar-refractivity contribution in [3.8, 4) is 0 Å². The number of hydrogen-bond donors (Lipinski definition) is 2. The Bertz CT molecular complexity index is 422. The van der Waals surface area contributed by atoms with Gasteiger partial charge < -0.3 is 10.2 Å². The van der Waals surface area contributed by atoms with Crippen LogP contribution in [0.5, 0.6) is 0 Å². The van der Waals surface area contributed by atoms with E-state index in [0.29, 0.717) is 24.7 Å². The van der Waals surface area contributed by atoms with Gasteiger partial charge in [-0.1, -0.05) is 92.4 Å². The molecule has 4 nitrogen and oxygen atoms in total. The molecule has 0 bridgehead atoms. The lowest BCUT2D eigenvalue weighted by molar-refractivity contribution is -0.153. The second-order valence-electron chi connectivity index (χ2n) is 8.78. The third-order valence-corrected chi connectivity index (χ3v) is 7.10. The van der Waals surface area contributed by atoms with Crippen LogP contribution in [0.2, 0.25) is 0 Å². The molecule has 0 aliphatic rings. The minimum atomic E-state index is -0.768. The highest BCUT2D eigenvalue weighted by molar-refractivity contribution is 5.71. The minimum Gasteiger partial charge on any atom is -0.481 e. The lowest BCUT2D eigenvalue weighted by Crippen LogP contribution is -2.46. The Morgan fingerprint density at radius 2 is 1.32 bits per heavy atom. The summed E-state index contributed by atoms with van der Waals surface area (Å²) in [4.78, 5) is 23.1. The molecule has 0 spiro atoms. The van der Waals surface area contributed by atoms with Crippen molar-refractivity contribution in [2.75, 3.05) is 0 Å². The fourth-order valence-corrected chi connectivity index (χ4v) is 5.06. The third kappa shape index (κ3) is 8.53. The van der Waals surface area contributed by atoms with Gasteiger partial charge in [-0.15, -0.1) is 0 Å². The zero-order valence-corrected chi connectivity index (χ0v) is 19.1. The Hall–Kier alpha value is -1.06. The van der Waals surface area contributed by atoms with Gasteiger partial charge in [0.05, 0.1) is 5.92 Å². The maximum absolute atomic E-state index is 12.4. The number of hydrogen-bond acceptors (Lipinski definition) is 2. The van der Waals surface area contributed by atoms with E-state index in [2.05, 4.69) is 34.6 Å². The number of carboxylic acids is 2. The molecule has 28 heavy (non-hydrogen) atoms. The largest absolute Gasteiger partial charge is 0.481 e. The maximum atomic E-state index is 12.4. The van der Waals surface area contributed by atoms with Crippen molar-refractivity contribution in [1.29, 1.82) is 0 Å².